The average Bonchev–Trinajstić information content (AvgIpc) is 2.77. The first kappa shape index (κ1) is 26.3. The lowest BCUT2D eigenvalue weighted by Gasteiger charge is -2.60. The second kappa shape index (κ2) is 8.98. The molecule has 4 atom stereocenters. The fraction of sp³-hybridized carbons (Fsp3) is 0.536. The summed E-state index contributed by atoms with van der Waals surface area (Å²) in [6.45, 7) is 12.6. The summed E-state index contributed by atoms with van der Waals surface area (Å²) in [5.74, 6) is -2.44. The van der Waals surface area contributed by atoms with Crippen LogP contribution >= 0.6 is 11.8 Å². The minimum Gasteiger partial charge on any atom is -0.506 e. The van der Waals surface area contributed by atoms with Gasteiger partial charge in [-0.1, -0.05) is 45.9 Å². The van der Waals surface area contributed by atoms with Crippen LogP contribution in [0.4, 0.5) is 5.69 Å². The Morgan fingerprint density at radius 1 is 1.25 bits per heavy atom. The number of phenolic OH excluding ortho intramolecular Hbond substituents is 1. The number of hydrogen-bond donors (Lipinski definition) is 4. The fourth-order valence-electron chi connectivity index (χ4n) is 6.43. The van der Waals surface area contributed by atoms with Crippen molar-refractivity contribution in [2.24, 2.45) is 22.7 Å². The van der Waals surface area contributed by atoms with Crippen molar-refractivity contribution < 1.29 is 29.7 Å². The quantitative estimate of drug-likeness (QED) is 0.276. The van der Waals surface area contributed by atoms with Gasteiger partial charge in [0.2, 0.25) is 5.91 Å². The molecule has 1 amide bonds. The molecule has 4 aliphatic rings. The van der Waals surface area contributed by atoms with E-state index in [2.05, 4.69) is 38.7 Å². The van der Waals surface area contributed by atoms with Gasteiger partial charge in [0.05, 0.1) is 0 Å². The van der Waals surface area contributed by atoms with Crippen LogP contribution in [0.15, 0.2) is 35.3 Å². The van der Waals surface area contributed by atoms with Crippen LogP contribution in [0.3, 0.4) is 0 Å². The Morgan fingerprint density at radius 3 is 2.56 bits per heavy atom. The van der Waals surface area contributed by atoms with E-state index in [4.69, 9.17) is 0 Å². The molecule has 0 saturated heterocycles. The number of Topliss-reactive ketones (excluding diaryl/α,β-unsaturated/α-hetero) is 1. The van der Waals surface area contributed by atoms with Gasteiger partial charge in [0.1, 0.15) is 17.0 Å². The van der Waals surface area contributed by atoms with Crippen LogP contribution in [0.25, 0.3) is 0 Å². The van der Waals surface area contributed by atoms with Crippen molar-refractivity contribution in [2.45, 2.75) is 71.0 Å². The van der Waals surface area contributed by atoms with Gasteiger partial charge in [0, 0.05) is 21.5 Å². The third-order valence-corrected chi connectivity index (χ3v) is 9.31. The molecule has 5 rings (SSSR count). The number of carboxylic acid groups (broad SMARTS) is 1. The first-order chi connectivity index (χ1) is 16.7. The molecule has 194 valence electrons. The predicted molar refractivity (Wildman–Crippen MR) is 140 cm³/mol. The largest absolute Gasteiger partial charge is 0.506 e. The molecule has 7 nitrogen and oxygen atoms in total. The minimum atomic E-state index is -1.38. The number of aromatic hydroxyl groups is 2. The monoisotopic (exact) mass is 513 g/mol. The van der Waals surface area contributed by atoms with E-state index in [0.717, 1.165) is 42.7 Å². The molecule has 2 bridgehead atoms. The van der Waals surface area contributed by atoms with Crippen molar-refractivity contribution >= 4 is 35.1 Å². The molecule has 1 aromatic carbocycles. The van der Waals surface area contributed by atoms with Gasteiger partial charge in [-0.15, -0.1) is 11.8 Å². The Hall–Kier alpha value is -2.74. The summed E-state index contributed by atoms with van der Waals surface area (Å²) in [5.41, 5.74) is -0.385. The number of thioether (sulfide) groups is 1. The Bertz CT molecular complexity index is 1180. The molecule has 1 spiro atoms. The van der Waals surface area contributed by atoms with Gasteiger partial charge >= 0.3 is 5.97 Å². The van der Waals surface area contributed by atoms with Crippen LogP contribution in [0.2, 0.25) is 0 Å². The Balaban J connectivity index is 1.60. The van der Waals surface area contributed by atoms with Gasteiger partial charge in [-0.2, -0.15) is 0 Å². The van der Waals surface area contributed by atoms with Crippen LogP contribution in [0.5, 0.6) is 11.5 Å². The molecule has 3 saturated carbocycles. The summed E-state index contributed by atoms with van der Waals surface area (Å²) in [5, 5.41) is 32.1. The van der Waals surface area contributed by atoms with Gasteiger partial charge in [0.25, 0.3) is 0 Å². The third-order valence-electron chi connectivity index (χ3n) is 8.17. The summed E-state index contributed by atoms with van der Waals surface area (Å²) in [7, 11) is 0. The van der Waals surface area contributed by atoms with Crippen molar-refractivity contribution in [1.82, 2.24) is 0 Å². The molecule has 0 heterocycles. The number of phenols is 2. The van der Waals surface area contributed by atoms with E-state index >= 15 is 0 Å². The van der Waals surface area contributed by atoms with Crippen molar-refractivity contribution in [3.63, 3.8) is 0 Å². The fourth-order valence-corrected chi connectivity index (χ4v) is 7.71. The standard InChI is InChI=1S/C28H35NO6S/c1-15-13-28-11-8-16(15)12-20(28)27(5,24(33)19(14-28)36-26(2,3)4)10-9-21(31)29-22-18(30)7-6-17(23(22)32)25(34)35/h6-7,14,16,20,30,32H,1,8-13H2,2-5H3,(H,29,31)(H,34,35)/t16-,20-,27-,28+/m0/s1. The zero-order valence-corrected chi connectivity index (χ0v) is 22.1. The highest BCUT2D eigenvalue weighted by Crippen LogP contribution is 2.66. The number of aromatic carboxylic acids is 1. The normalized spacial score (nSPS) is 29.5. The Labute approximate surface area is 216 Å². The van der Waals surface area contributed by atoms with Crippen molar-refractivity contribution in [2.75, 3.05) is 5.32 Å². The molecule has 0 unspecified atom stereocenters. The van der Waals surface area contributed by atoms with Crippen LogP contribution in [-0.2, 0) is 9.59 Å². The first-order valence-corrected chi connectivity index (χ1v) is 13.2. The van der Waals surface area contributed by atoms with Crippen molar-refractivity contribution in [3.05, 3.63) is 40.8 Å². The molecule has 4 aliphatic carbocycles. The van der Waals surface area contributed by atoms with Crippen LogP contribution in [0.1, 0.15) is 76.6 Å². The number of benzene rings is 1. The van der Waals surface area contributed by atoms with Gasteiger partial charge in [-0.3, -0.25) is 9.59 Å². The summed E-state index contributed by atoms with van der Waals surface area (Å²) < 4.78 is -0.143. The molecule has 0 aromatic heterocycles. The maximum Gasteiger partial charge on any atom is 0.339 e. The predicted octanol–water partition coefficient (Wildman–Crippen LogP) is 5.88. The number of allylic oxidation sites excluding steroid dienone is 3. The second-order valence-electron chi connectivity index (χ2n) is 11.8. The number of nitrogens with one attached hydrogen (secondary N) is 1. The lowest BCUT2D eigenvalue weighted by atomic mass is 9.44. The number of carbonyl (C=O) groups excluding carboxylic acids is 2. The number of carboxylic acids is 1. The van der Waals surface area contributed by atoms with E-state index in [1.807, 2.05) is 6.92 Å². The van der Waals surface area contributed by atoms with Gasteiger partial charge in [0.15, 0.2) is 11.5 Å². The molecular formula is C28H35NO6S. The SMILES string of the molecule is C=C1C[C@]23C=C(SC(C)(C)C)C(=O)[C@@](C)(CCC(=O)Nc4c(O)ccc(C(=O)O)c4O)[C@@H]2C[C@@H]1CC3. The third kappa shape index (κ3) is 4.56. The number of carbonyl (C=O) groups is 3. The van der Waals surface area contributed by atoms with E-state index in [-0.39, 0.29) is 34.0 Å². The summed E-state index contributed by atoms with van der Waals surface area (Å²) in [6.07, 6.45) is 6.35. The van der Waals surface area contributed by atoms with E-state index in [1.54, 1.807) is 11.8 Å². The highest BCUT2D eigenvalue weighted by molar-refractivity contribution is 8.05. The van der Waals surface area contributed by atoms with E-state index in [0.29, 0.717) is 12.3 Å². The molecule has 0 aliphatic heterocycles. The maximum atomic E-state index is 13.9. The number of amides is 1. The zero-order chi connectivity index (χ0) is 26.6. The molecule has 0 radical (unpaired) electrons. The molecular weight excluding hydrogens is 478 g/mol. The maximum absolute atomic E-state index is 13.9. The van der Waals surface area contributed by atoms with E-state index in [9.17, 15) is 29.7 Å². The highest BCUT2D eigenvalue weighted by atomic mass is 32.2. The number of rotatable bonds is 6. The van der Waals surface area contributed by atoms with Gasteiger partial charge < -0.3 is 20.6 Å². The number of fused-ring (bicyclic) bond motifs is 2. The first-order valence-electron chi connectivity index (χ1n) is 12.4. The van der Waals surface area contributed by atoms with Crippen LogP contribution in [-0.4, -0.2) is 37.7 Å². The van der Waals surface area contributed by atoms with E-state index in [1.165, 1.54) is 5.57 Å². The molecule has 3 fully saturated rings. The van der Waals surface area contributed by atoms with Gasteiger partial charge in [-0.25, -0.2) is 4.79 Å². The van der Waals surface area contributed by atoms with Gasteiger partial charge in [-0.05, 0) is 61.5 Å². The van der Waals surface area contributed by atoms with Crippen LogP contribution in [0, 0.1) is 22.7 Å². The number of hydrogen-bond acceptors (Lipinski definition) is 6. The average molecular weight is 514 g/mol. The number of anilines is 1. The van der Waals surface area contributed by atoms with Crippen molar-refractivity contribution in [3.8, 4) is 11.5 Å². The van der Waals surface area contributed by atoms with Crippen LogP contribution < -0.4 is 5.32 Å². The Kier molecular flexibility index (Phi) is 6.56. The molecule has 36 heavy (non-hydrogen) atoms. The topological polar surface area (TPSA) is 124 Å². The number of ketones is 1. The van der Waals surface area contributed by atoms with E-state index < -0.39 is 34.4 Å². The smallest absolute Gasteiger partial charge is 0.339 e. The summed E-state index contributed by atoms with van der Waals surface area (Å²) in [6, 6.07) is 2.18. The summed E-state index contributed by atoms with van der Waals surface area (Å²) >= 11 is 1.58. The highest BCUT2D eigenvalue weighted by Gasteiger charge is 2.60. The second-order valence-corrected chi connectivity index (χ2v) is 13.6. The lowest BCUT2D eigenvalue weighted by molar-refractivity contribution is -0.136. The lowest BCUT2D eigenvalue weighted by Crippen LogP contribution is -2.55. The minimum absolute atomic E-state index is 0.00984. The molecule has 1 aromatic rings. The zero-order valence-electron chi connectivity index (χ0n) is 21.3. The Morgan fingerprint density at radius 2 is 1.94 bits per heavy atom. The van der Waals surface area contributed by atoms with Crippen molar-refractivity contribution in [1.29, 1.82) is 0 Å². The summed E-state index contributed by atoms with van der Waals surface area (Å²) in [4.78, 5) is 39.0. The molecule has 4 N–H and O–H groups in total. The molecule has 8 heteroatoms.